The highest BCUT2D eigenvalue weighted by Gasteiger charge is 2.16. The van der Waals surface area contributed by atoms with Gasteiger partial charge in [-0.05, 0) is 82.6 Å². The molecule has 4 rings (SSSR count). The molecule has 2 aromatic carbocycles. The summed E-state index contributed by atoms with van der Waals surface area (Å²) in [6, 6.07) is 16.3. The van der Waals surface area contributed by atoms with E-state index < -0.39 is 12.7 Å². The van der Waals surface area contributed by atoms with Gasteiger partial charge in [0.25, 0.3) is 0 Å². The largest absolute Gasteiger partial charge is 0.313 e. The predicted molar refractivity (Wildman–Crippen MR) is 147 cm³/mol. The van der Waals surface area contributed by atoms with Gasteiger partial charge in [0.05, 0.1) is 12.7 Å². The van der Waals surface area contributed by atoms with Crippen LogP contribution in [0.2, 0.25) is 0 Å². The Balaban J connectivity index is 1.39. The van der Waals surface area contributed by atoms with Crippen LogP contribution in [0.15, 0.2) is 67.1 Å². The normalized spacial score (nSPS) is 13.4. The van der Waals surface area contributed by atoms with Gasteiger partial charge in [0.15, 0.2) is 0 Å². The summed E-state index contributed by atoms with van der Waals surface area (Å²) in [6.07, 6.45) is 1.22. The van der Waals surface area contributed by atoms with Crippen LogP contribution in [0.25, 0.3) is 31.3 Å². The van der Waals surface area contributed by atoms with Gasteiger partial charge in [0, 0.05) is 26.9 Å². The molecule has 2 unspecified atom stereocenters. The molecule has 0 aliphatic carbocycles. The second-order valence-electron chi connectivity index (χ2n) is 8.42. The molecule has 2 N–H and O–H groups in total. The van der Waals surface area contributed by atoms with Crippen LogP contribution in [-0.2, 0) is 6.42 Å². The monoisotopic (exact) mass is 496 g/mol. The second kappa shape index (κ2) is 11.4. The van der Waals surface area contributed by atoms with Crippen molar-refractivity contribution >= 4 is 54.0 Å². The van der Waals surface area contributed by atoms with Crippen molar-refractivity contribution in [2.45, 2.75) is 24.9 Å². The van der Waals surface area contributed by atoms with E-state index in [9.17, 15) is 8.78 Å². The molecule has 0 aliphatic rings. The van der Waals surface area contributed by atoms with Crippen molar-refractivity contribution in [3.8, 4) is 0 Å². The van der Waals surface area contributed by atoms with E-state index >= 15 is 0 Å². The highest BCUT2D eigenvalue weighted by atomic mass is 32.1. The minimum absolute atomic E-state index is 0.0719. The molecule has 0 saturated heterocycles. The minimum atomic E-state index is -0.495. The van der Waals surface area contributed by atoms with E-state index in [2.05, 4.69) is 71.6 Å². The number of halogens is 2. The highest BCUT2D eigenvalue weighted by Crippen LogP contribution is 2.30. The number of hydrogen-bond donors (Lipinski definition) is 2. The molecule has 0 fully saturated rings. The van der Waals surface area contributed by atoms with Crippen molar-refractivity contribution in [2.24, 2.45) is 0 Å². The van der Waals surface area contributed by atoms with E-state index in [0.717, 1.165) is 28.7 Å². The van der Waals surface area contributed by atoms with Gasteiger partial charge in [-0.1, -0.05) is 37.4 Å². The number of alkyl halides is 2. The van der Waals surface area contributed by atoms with Crippen LogP contribution >= 0.6 is 22.7 Å². The number of thiophene rings is 2. The molecule has 2 aromatic heterocycles. The lowest BCUT2D eigenvalue weighted by atomic mass is 9.97. The third-order valence-corrected chi connectivity index (χ3v) is 8.31. The lowest BCUT2D eigenvalue weighted by molar-refractivity contribution is 0.425. The molecule has 34 heavy (non-hydrogen) atoms. The van der Waals surface area contributed by atoms with Crippen LogP contribution in [0.3, 0.4) is 0 Å². The van der Waals surface area contributed by atoms with Crippen molar-refractivity contribution in [2.75, 3.05) is 26.9 Å². The minimum Gasteiger partial charge on any atom is -0.313 e. The SMILES string of the molecule is C=C(c1ccc2cc(CCNC(CF)C(=C)c3ccc4ccsc4c3)sc2c1)C(CCF)NC. The molecule has 178 valence electrons. The fourth-order valence-corrected chi connectivity index (χ4v) is 6.14. The smallest absolute Gasteiger partial charge is 0.109 e. The summed E-state index contributed by atoms with van der Waals surface area (Å²) in [5, 5.41) is 10.9. The van der Waals surface area contributed by atoms with Gasteiger partial charge in [-0.15, -0.1) is 22.7 Å². The summed E-state index contributed by atoms with van der Waals surface area (Å²) in [5.74, 6) is 0. The average Bonchev–Trinajstić information content (AvgIpc) is 3.49. The Kier molecular flexibility index (Phi) is 8.27. The van der Waals surface area contributed by atoms with Crippen LogP contribution in [0.1, 0.15) is 22.4 Å². The van der Waals surface area contributed by atoms with Gasteiger partial charge < -0.3 is 10.6 Å². The van der Waals surface area contributed by atoms with E-state index in [1.807, 2.05) is 13.1 Å². The molecule has 6 heteroatoms. The molecule has 0 saturated carbocycles. The predicted octanol–water partition coefficient (Wildman–Crippen LogP) is 7.26. The van der Waals surface area contributed by atoms with Gasteiger partial charge in [-0.25, -0.2) is 4.39 Å². The van der Waals surface area contributed by atoms with E-state index in [-0.39, 0.29) is 12.7 Å². The van der Waals surface area contributed by atoms with E-state index in [1.54, 1.807) is 22.7 Å². The van der Waals surface area contributed by atoms with Crippen molar-refractivity contribution in [3.63, 3.8) is 0 Å². The maximum atomic E-state index is 13.9. The molecule has 0 amide bonds. The van der Waals surface area contributed by atoms with Crippen molar-refractivity contribution in [1.29, 1.82) is 0 Å². The first kappa shape index (κ1) is 24.7. The summed E-state index contributed by atoms with van der Waals surface area (Å²) in [5.41, 5.74) is 3.70. The maximum Gasteiger partial charge on any atom is 0.109 e. The molecular formula is C28H30F2N2S2. The molecular weight excluding hydrogens is 466 g/mol. The van der Waals surface area contributed by atoms with Gasteiger partial charge in [0.1, 0.15) is 6.67 Å². The molecule has 0 spiro atoms. The number of rotatable bonds is 12. The Morgan fingerprint density at radius 3 is 2.32 bits per heavy atom. The topological polar surface area (TPSA) is 24.1 Å². The first-order valence-corrected chi connectivity index (χ1v) is 13.1. The Labute approximate surface area is 208 Å². The first-order valence-electron chi connectivity index (χ1n) is 11.4. The zero-order valence-electron chi connectivity index (χ0n) is 19.4. The van der Waals surface area contributed by atoms with Gasteiger partial charge in [-0.3, -0.25) is 4.39 Å². The third kappa shape index (κ3) is 5.47. The van der Waals surface area contributed by atoms with Crippen molar-refractivity contribution in [3.05, 3.63) is 83.1 Å². The molecule has 4 aromatic rings. The van der Waals surface area contributed by atoms with Crippen molar-refractivity contribution < 1.29 is 8.78 Å². The Morgan fingerprint density at radius 1 is 0.912 bits per heavy atom. The molecule has 0 aliphatic heterocycles. The number of hydrogen-bond acceptors (Lipinski definition) is 4. The Hall–Kier alpha value is -2.38. The number of likely N-dealkylation sites (N-methyl/N-ethyl adjacent to an activating group) is 1. The highest BCUT2D eigenvalue weighted by molar-refractivity contribution is 7.19. The summed E-state index contributed by atoms with van der Waals surface area (Å²) in [7, 11) is 1.83. The van der Waals surface area contributed by atoms with Crippen LogP contribution in [0.5, 0.6) is 0 Å². The number of benzene rings is 2. The van der Waals surface area contributed by atoms with Crippen molar-refractivity contribution in [1.82, 2.24) is 10.6 Å². The Bertz CT molecular complexity index is 1290. The van der Waals surface area contributed by atoms with E-state index in [1.165, 1.54) is 25.0 Å². The lowest BCUT2D eigenvalue weighted by Crippen LogP contribution is -2.33. The molecule has 0 radical (unpaired) electrons. The molecule has 2 atom stereocenters. The second-order valence-corrected chi connectivity index (χ2v) is 10.5. The molecule has 2 heterocycles. The summed E-state index contributed by atoms with van der Waals surface area (Å²) < 4.78 is 29.1. The van der Waals surface area contributed by atoms with Gasteiger partial charge in [0.2, 0.25) is 0 Å². The Morgan fingerprint density at radius 2 is 1.62 bits per heavy atom. The van der Waals surface area contributed by atoms with Gasteiger partial charge >= 0.3 is 0 Å². The van der Waals surface area contributed by atoms with Gasteiger partial charge in [-0.2, -0.15) is 0 Å². The summed E-state index contributed by atoms with van der Waals surface area (Å²) >= 11 is 3.42. The quantitative estimate of drug-likeness (QED) is 0.216. The van der Waals surface area contributed by atoms with Crippen LogP contribution in [-0.4, -0.2) is 39.0 Å². The maximum absolute atomic E-state index is 13.9. The zero-order chi connectivity index (χ0) is 24.1. The standard InChI is InChI=1S/C28H30F2N2S2/c1-18(25(31-3)8-11-29)22-6-7-23-14-24(34-28(23)16-22)9-12-32-26(17-30)19(2)21-5-4-20-10-13-33-27(20)15-21/h4-7,10,13-16,25-26,31-32H,1-2,8-9,11-12,17H2,3H3. The van der Waals surface area contributed by atoms with Crippen LogP contribution in [0.4, 0.5) is 8.78 Å². The first-order chi connectivity index (χ1) is 16.5. The number of fused-ring (bicyclic) bond motifs is 2. The zero-order valence-corrected chi connectivity index (χ0v) is 21.0. The fourth-order valence-electron chi connectivity index (χ4n) is 4.21. The fraction of sp³-hybridized carbons (Fsp3) is 0.286. The molecule has 2 nitrogen and oxygen atoms in total. The third-order valence-electron chi connectivity index (χ3n) is 6.27. The number of nitrogens with one attached hydrogen (secondary N) is 2. The van der Waals surface area contributed by atoms with Crippen LogP contribution < -0.4 is 10.6 Å². The summed E-state index contributed by atoms with van der Waals surface area (Å²) in [4.78, 5) is 1.24. The van der Waals surface area contributed by atoms with E-state index in [0.29, 0.717) is 13.0 Å². The average molecular weight is 497 g/mol. The van der Waals surface area contributed by atoms with Crippen LogP contribution in [0, 0.1) is 0 Å². The summed E-state index contributed by atoms with van der Waals surface area (Å²) in [6.45, 7) is 8.15. The molecule has 0 bridgehead atoms. The lowest BCUT2D eigenvalue weighted by Gasteiger charge is -2.18. The van der Waals surface area contributed by atoms with E-state index in [4.69, 9.17) is 0 Å².